The number of hydrogen-bond acceptors (Lipinski definition) is 5. The van der Waals surface area contributed by atoms with Crippen molar-refractivity contribution in [1.82, 2.24) is 14.7 Å². The van der Waals surface area contributed by atoms with Crippen molar-refractivity contribution in [3.05, 3.63) is 22.5 Å². The summed E-state index contributed by atoms with van der Waals surface area (Å²) in [6.07, 6.45) is 1.83. The number of alkyl halides is 1. The molecule has 10 heteroatoms. The van der Waals surface area contributed by atoms with Gasteiger partial charge in [0.05, 0.1) is 11.5 Å². The van der Waals surface area contributed by atoms with Crippen LogP contribution in [0.15, 0.2) is 12.4 Å². The molecule has 0 spiro atoms. The highest BCUT2D eigenvalue weighted by atomic mass is 19.1. The Balaban J connectivity index is 2.20. The number of carboxylic acid groups (broad SMARTS) is 1. The van der Waals surface area contributed by atoms with E-state index in [1.54, 1.807) is 0 Å². The second kappa shape index (κ2) is 5.04. The van der Waals surface area contributed by atoms with E-state index in [0.29, 0.717) is 0 Å². The lowest BCUT2D eigenvalue weighted by atomic mass is 10.0. The van der Waals surface area contributed by atoms with Gasteiger partial charge in [0, 0.05) is 13.0 Å². The van der Waals surface area contributed by atoms with Gasteiger partial charge in [-0.3, -0.25) is 19.6 Å². The van der Waals surface area contributed by atoms with Gasteiger partial charge in [0.2, 0.25) is 11.6 Å². The van der Waals surface area contributed by atoms with Crippen LogP contribution in [0.25, 0.3) is 0 Å². The van der Waals surface area contributed by atoms with Gasteiger partial charge in [0.25, 0.3) is 0 Å². The molecule has 1 N–H and O–H groups in total. The van der Waals surface area contributed by atoms with E-state index in [9.17, 15) is 24.1 Å². The molecule has 1 aromatic heterocycles. The summed E-state index contributed by atoms with van der Waals surface area (Å²) in [5.74, 6) is -2.15. The molecule has 120 valence electrons. The van der Waals surface area contributed by atoms with Crippen LogP contribution in [-0.2, 0) is 15.1 Å². The van der Waals surface area contributed by atoms with E-state index in [4.69, 9.17) is 5.11 Å². The number of aromatic nitrogens is 2. The third-order valence-electron chi connectivity index (χ3n) is 3.77. The predicted octanol–water partition coefficient (Wildman–Crippen LogP) is 0.552. The number of halogens is 1. The minimum Gasteiger partial charge on any atom is -0.479 e. The minimum atomic E-state index is -2.46. The average molecular weight is 314 g/mol. The first-order chi connectivity index (χ1) is 10.1. The van der Waals surface area contributed by atoms with E-state index in [1.807, 2.05) is 0 Å². The normalized spacial score (nSPS) is 21.9. The number of amides is 1. The molecule has 1 unspecified atom stereocenters. The Bertz CT molecular complexity index is 643. The summed E-state index contributed by atoms with van der Waals surface area (Å²) in [6, 6.07) is 0. The molecule has 1 fully saturated rings. The Morgan fingerprint density at radius 3 is 2.64 bits per heavy atom. The molecule has 1 saturated heterocycles. The zero-order valence-corrected chi connectivity index (χ0v) is 12.0. The number of rotatable bonds is 4. The summed E-state index contributed by atoms with van der Waals surface area (Å²) in [7, 11) is 0. The summed E-state index contributed by atoms with van der Waals surface area (Å²) in [5.41, 5.74) is -4.02. The van der Waals surface area contributed by atoms with Crippen molar-refractivity contribution in [2.24, 2.45) is 0 Å². The largest absolute Gasteiger partial charge is 0.479 e. The fourth-order valence-corrected chi connectivity index (χ4v) is 2.32. The third-order valence-corrected chi connectivity index (χ3v) is 3.77. The number of likely N-dealkylation sites (tertiary alicyclic amines) is 1. The molecule has 0 radical (unpaired) electrons. The van der Waals surface area contributed by atoms with Gasteiger partial charge in [-0.2, -0.15) is 5.10 Å². The lowest BCUT2D eigenvalue weighted by Crippen LogP contribution is -2.48. The van der Waals surface area contributed by atoms with Gasteiger partial charge in [0.1, 0.15) is 17.9 Å². The Hall–Kier alpha value is -2.52. The fourth-order valence-electron chi connectivity index (χ4n) is 2.32. The van der Waals surface area contributed by atoms with Gasteiger partial charge in [-0.05, 0) is 13.8 Å². The van der Waals surface area contributed by atoms with Crippen molar-refractivity contribution in [3.8, 4) is 0 Å². The number of hydrogen-bond donors (Lipinski definition) is 1. The molecule has 1 aromatic rings. The van der Waals surface area contributed by atoms with Crippen molar-refractivity contribution in [1.29, 1.82) is 0 Å². The van der Waals surface area contributed by atoms with Gasteiger partial charge in [0.15, 0.2) is 0 Å². The van der Waals surface area contributed by atoms with Crippen molar-refractivity contribution in [3.63, 3.8) is 0 Å². The second-order valence-corrected chi connectivity index (χ2v) is 5.71. The summed E-state index contributed by atoms with van der Waals surface area (Å²) in [6.45, 7) is 2.37. The van der Waals surface area contributed by atoms with E-state index in [1.165, 1.54) is 13.8 Å². The topological polar surface area (TPSA) is 119 Å². The number of nitro groups is 1. The van der Waals surface area contributed by atoms with Crippen LogP contribution in [0, 0.1) is 10.1 Å². The Kier molecular flexibility index (Phi) is 3.63. The van der Waals surface area contributed by atoms with E-state index < -0.39 is 34.6 Å². The maximum atomic E-state index is 14.0. The molecule has 9 nitrogen and oxygen atoms in total. The lowest BCUT2D eigenvalue weighted by Gasteiger charge is -2.29. The fraction of sp³-hybridized carbons (Fsp3) is 0.583. The SMILES string of the molecule is CC(C)(C(=O)N1CCC(F)(C(=O)O)C1)n1cc([N+](=O)[O-])cn1. The van der Waals surface area contributed by atoms with Gasteiger partial charge in [-0.1, -0.05) is 0 Å². The second-order valence-electron chi connectivity index (χ2n) is 5.71. The molecule has 1 aliphatic rings. The Morgan fingerprint density at radius 1 is 1.55 bits per heavy atom. The first-order valence-electron chi connectivity index (χ1n) is 6.49. The number of nitrogens with zero attached hydrogens (tertiary/aromatic N) is 4. The van der Waals surface area contributed by atoms with E-state index in [-0.39, 0.29) is 18.7 Å². The quantitative estimate of drug-likeness (QED) is 0.640. The minimum absolute atomic E-state index is 0.0333. The van der Waals surface area contributed by atoms with Crippen LogP contribution in [-0.4, -0.2) is 55.3 Å². The zero-order valence-electron chi connectivity index (χ0n) is 12.0. The maximum Gasteiger partial charge on any atom is 0.343 e. The highest BCUT2D eigenvalue weighted by molar-refractivity contribution is 5.86. The van der Waals surface area contributed by atoms with Crippen LogP contribution in [0.4, 0.5) is 10.1 Å². The predicted molar refractivity (Wildman–Crippen MR) is 70.9 cm³/mol. The lowest BCUT2D eigenvalue weighted by molar-refractivity contribution is -0.385. The van der Waals surface area contributed by atoms with Gasteiger partial charge in [-0.15, -0.1) is 0 Å². The van der Waals surface area contributed by atoms with Gasteiger partial charge in [-0.25, -0.2) is 9.18 Å². The molecule has 0 saturated carbocycles. The number of carboxylic acids is 1. The molecule has 2 rings (SSSR count). The third kappa shape index (κ3) is 2.51. The van der Waals surface area contributed by atoms with Crippen molar-refractivity contribution in [2.45, 2.75) is 31.5 Å². The van der Waals surface area contributed by atoms with E-state index >= 15 is 0 Å². The Labute approximate surface area is 124 Å². The standard InChI is InChI=1S/C12H15FN4O5/c1-11(2,16-6-8(5-14-16)17(21)22)9(18)15-4-3-12(13,7-15)10(19)20/h5-6H,3-4,7H2,1-2H3,(H,19,20). The molecular formula is C12H15FN4O5. The number of carbonyl (C=O) groups excluding carboxylic acids is 1. The summed E-state index contributed by atoms with van der Waals surface area (Å²) in [5, 5.41) is 23.3. The summed E-state index contributed by atoms with van der Waals surface area (Å²) in [4.78, 5) is 34.5. The van der Waals surface area contributed by atoms with Crippen LogP contribution >= 0.6 is 0 Å². The molecule has 22 heavy (non-hydrogen) atoms. The monoisotopic (exact) mass is 314 g/mol. The first kappa shape index (κ1) is 15.9. The summed E-state index contributed by atoms with van der Waals surface area (Å²) < 4.78 is 15.2. The van der Waals surface area contributed by atoms with Gasteiger partial charge >= 0.3 is 11.7 Å². The van der Waals surface area contributed by atoms with Crippen molar-refractivity contribution >= 4 is 17.6 Å². The molecule has 1 atom stereocenters. The van der Waals surface area contributed by atoms with Crippen LogP contribution in [0.1, 0.15) is 20.3 Å². The molecule has 1 amide bonds. The molecule has 1 aliphatic heterocycles. The van der Waals surface area contributed by atoms with Crippen LogP contribution < -0.4 is 0 Å². The average Bonchev–Trinajstić information content (AvgIpc) is 3.05. The maximum absolute atomic E-state index is 14.0. The van der Waals surface area contributed by atoms with Crippen LogP contribution in [0.2, 0.25) is 0 Å². The smallest absolute Gasteiger partial charge is 0.343 e. The first-order valence-corrected chi connectivity index (χ1v) is 6.49. The summed E-state index contributed by atoms with van der Waals surface area (Å²) >= 11 is 0. The Morgan fingerprint density at radius 2 is 2.18 bits per heavy atom. The van der Waals surface area contributed by atoms with E-state index in [2.05, 4.69) is 5.10 Å². The van der Waals surface area contributed by atoms with Crippen molar-refractivity contribution < 1.29 is 24.0 Å². The number of aliphatic carboxylic acids is 1. The van der Waals surface area contributed by atoms with E-state index in [0.717, 1.165) is 22.0 Å². The zero-order chi connectivity index (χ0) is 16.7. The van der Waals surface area contributed by atoms with Gasteiger partial charge < -0.3 is 10.0 Å². The highest BCUT2D eigenvalue weighted by Gasteiger charge is 2.49. The molecule has 0 bridgehead atoms. The molecule has 2 heterocycles. The molecule has 0 aromatic carbocycles. The van der Waals surface area contributed by atoms with Crippen LogP contribution in [0.3, 0.4) is 0 Å². The van der Waals surface area contributed by atoms with Crippen molar-refractivity contribution in [2.75, 3.05) is 13.1 Å². The number of carbonyl (C=O) groups is 2. The molecule has 0 aliphatic carbocycles. The highest BCUT2D eigenvalue weighted by Crippen LogP contribution is 2.29. The molecular weight excluding hydrogens is 299 g/mol. The van der Waals surface area contributed by atoms with Crippen LogP contribution in [0.5, 0.6) is 0 Å².